The highest BCUT2D eigenvalue weighted by Crippen LogP contribution is 2.35. The van der Waals surface area contributed by atoms with Crippen LogP contribution in [0.1, 0.15) is 18.4 Å². The molecule has 1 rings (SSSR count). The number of nitrogens with zero attached hydrogens (tertiary/aromatic N) is 1. The molecule has 1 aromatic carbocycles. The standard InChI is InChI=1S/C12H17F3N2O5S2/c1-17(6-2-3-7-23(18,19)20)24(21,22)9-4-5-11(16)10(8-9)12(13,14)15/h4-5,8H,2-3,6-7,16H2,1H3,(H,18,19,20). The Morgan fingerprint density at radius 2 is 1.75 bits per heavy atom. The van der Waals surface area contributed by atoms with Crippen LogP contribution in [0.2, 0.25) is 0 Å². The molecule has 1 aromatic rings. The Morgan fingerprint density at radius 1 is 1.17 bits per heavy atom. The van der Waals surface area contributed by atoms with Gasteiger partial charge in [0.05, 0.1) is 16.2 Å². The topological polar surface area (TPSA) is 118 Å². The van der Waals surface area contributed by atoms with Crippen molar-refractivity contribution in [1.82, 2.24) is 4.31 Å². The van der Waals surface area contributed by atoms with Crippen molar-refractivity contribution in [3.63, 3.8) is 0 Å². The van der Waals surface area contributed by atoms with Gasteiger partial charge in [0.1, 0.15) is 0 Å². The number of unbranched alkanes of at least 4 members (excludes halogenated alkanes) is 1. The second-order valence-corrected chi connectivity index (χ2v) is 8.68. The third-order valence-electron chi connectivity index (χ3n) is 3.16. The van der Waals surface area contributed by atoms with Gasteiger partial charge in [-0.25, -0.2) is 12.7 Å². The average molecular weight is 390 g/mol. The fraction of sp³-hybridized carbons (Fsp3) is 0.500. The van der Waals surface area contributed by atoms with E-state index in [1.54, 1.807) is 0 Å². The number of rotatable bonds is 7. The number of anilines is 1. The molecule has 3 N–H and O–H groups in total. The van der Waals surface area contributed by atoms with Gasteiger partial charge in [0.2, 0.25) is 10.0 Å². The Kier molecular flexibility index (Phi) is 6.25. The molecule has 7 nitrogen and oxygen atoms in total. The van der Waals surface area contributed by atoms with Crippen molar-refractivity contribution < 1.29 is 34.6 Å². The molecule has 0 bridgehead atoms. The molecule has 0 atom stereocenters. The van der Waals surface area contributed by atoms with E-state index in [1.807, 2.05) is 0 Å². The Hall–Kier alpha value is -1.37. The van der Waals surface area contributed by atoms with E-state index in [2.05, 4.69) is 0 Å². The summed E-state index contributed by atoms with van der Waals surface area (Å²) < 4.78 is 93.5. The number of nitrogens with two attached hydrogens (primary N) is 1. The monoisotopic (exact) mass is 390 g/mol. The van der Waals surface area contributed by atoms with Crippen molar-refractivity contribution in [2.45, 2.75) is 23.9 Å². The van der Waals surface area contributed by atoms with Gasteiger partial charge in [-0.3, -0.25) is 4.55 Å². The zero-order valence-electron chi connectivity index (χ0n) is 12.6. The van der Waals surface area contributed by atoms with Gasteiger partial charge < -0.3 is 5.73 Å². The van der Waals surface area contributed by atoms with E-state index in [1.165, 1.54) is 0 Å². The van der Waals surface area contributed by atoms with Crippen molar-refractivity contribution >= 4 is 25.8 Å². The maximum Gasteiger partial charge on any atom is 0.418 e. The zero-order chi connectivity index (χ0) is 18.8. The van der Waals surface area contributed by atoms with E-state index in [9.17, 15) is 30.0 Å². The maximum absolute atomic E-state index is 12.8. The number of halogens is 3. The van der Waals surface area contributed by atoms with Crippen LogP contribution in [-0.2, 0) is 26.3 Å². The fourth-order valence-electron chi connectivity index (χ4n) is 1.86. The molecule has 12 heteroatoms. The quantitative estimate of drug-likeness (QED) is 0.415. The van der Waals surface area contributed by atoms with E-state index in [-0.39, 0.29) is 19.4 Å². The number of benzene rings is 1. The first-order valence-corrected chi connectivity index (χ1v) is 9.68. The molecule has 0 heterocycles. The SMILES string of the molecule is CN(CCCCS(=O)(=O)O)S(=O)(=O)c1ccc(N)c(C(F)(F)F)c1. The first-order valence-electron chi connectivity index (χ1n) is 6.63. The molecule has 0 radical (unpaired) electrons. The van der Waals surface area contributed by atoms with Crippen LogP contribution >= 0.6 is 0 Å². The Labute approximate surface area is 138 Å². The lowest BCUT2D eigenvalue weighted by molar-refractivity contribution is -0.137. The lowest BCUT2D eigenvalue weighted by Gasteiger charge is -2.18. The second kappa shape index (κ2) is 7.25. The third kappa shape index (κ3) is 5.61. The van der Waals surface area contributed by atoms with Gasteiger partial charge >= 0.3 is 6.18 Å². The highest BCUT2D eigenvalue weighted by Gasteiger charge is 2.34. The van der Waals surface area contributed by atoms with Crippen molar-refractivity contribution in [3.05, 3.63) is 23.8 Å². The minimum absolute atomic E-state index is 0.00817. The smallest absolute Gasteiger partial charge is 0.398 e. The van der Waals surface area contributed by atoms with Crippen molar-refractivity contribution in [1.29, 1.82) is 0 Å². The first-order chi connectivity index (χ1) is 10.7. The van der Waals surface area contributed by atoms with Crippen LogP contribution in [0.5, 0.6) is 0 Å². The van der Waals surface area contributed by atoms with Crippen molar-refractivity contribution in [2.24, 2.45) is 0 Å². The van der Waals surface area contributed by atoms with Gasteiger partial charge in [-0.15, -0.1) is 0 Å². The summed E-state index contributed by atoms with van der Waals surface area (Å²) in [4.78, 5) is -0.568. The fourth-order valence-corrected chi connectivity index (χ4v) is 3.67. The van der Waals surface area contributed by atoms with Crippen molar-refractivity contribution in [3.8, 4) is 0 Å². The predicted molar refractivity (Wildman–Crippen MR) is 81.3 cm³/mol. The largest absolute Gasteiger partial charge is 0.418 e. The summed E-state index contributed by atoms with van der Waals surface area (Å²) in [5, 5.41) is 0. The Morgan fingerprint density at radius 3 is 2.25 bits per heavy atom. The van der Waals surface area contributed by atoms with Crippen LogP contribution in [0.4, 0.5) is 18.9 Å². The molecular formula is C12H17F3N2O5S2. The van der Waals surface area contributed by atoms with Crippen LogP contribution in [0.3, 0.4) is 0 Å². The molecule has 0 aliphatic heterocycles. The molecule has 0 aliphatic rings. The van der Waals surface area contributed by atoms with Gasteiger partial charge in [-0.05, 0) is 31.0 Å². The van der Waals surface area contributed by atoms with E-state index in [4.69, 9.17) is 10.3 Å². The zero-order valence-corrected chi connectivity index (χ0v) is 14.2. The number of hydrogen-bond acceptors (Lipinski definition) is 5. The predicted octanol–water partition coefficient (Wildman–Crippen LogP) is 1.58. The molecule has 138 valence electrons. The average Bonchev–Trinajstić information content (AvgIpc) is 2.41. The van der Waals surface area contributed by atoms with E-state index in [0.29, 0.717) is 6.07 Å². The molecule has 0 spiro atoms. The van der Waals surface area contributed by atoms with Crippen LogP contribution in [0.15, 0.2) is 23.1 Å². The number of alkyl halides is 3. The van der Waals surface area contributed by atoms with Crippen LogP contribution in [0, 0.1) is 0 Å². The van der Waals surface area contributed by atoms with Gasteiger partial charge in [0.25, 0.3) is 10.1 Å². The molecule has 0 aliphatic carbocycles. The summed E-state index contributed by atoms with van der Waals surface area (Å²) >= 11 is 0. The molecule has 0 fully saturated rings. The molecule has 0 unspecified atom stereocenters. The normalized spacial score (nSPS) is 13.4. The van der Waals surface area contributed by atoms with Crippen LogP contribution < -0.4 is 5.73 Å². The lowest BCUT2D eigenvalue weighted by Crippen LogP contribution is -2.28. The summed E-state index contributed by atoms with van der Waals surface area (Å²) in [5.41, 5.74) is 3.39. The Bertz CT molecular complexity index is 791. The number of hydrogen-bond donors (Lipinski definition) is 2. The van der Waals surface area contributed by atoms with Gasteiger partial charge in [0.15, 0.2) is 0 Å². The van der Waals surface area contributed by atoms with Gasteiger partial charge in [-0.1, -0.05) is 0 Å². The van der Waals surface area contributed by atoms with Crippen LogP contribution in [0.25, 0.3) is 0 Å². The molecule has 24 heavy (non-hydrogen) atoms. The van der Waals surface area contributed by atoms with Gasteiger partial charge in [0, 0.05) is 19.3 Å². The molecule has 0 saturated heterocycles. The highest BCUT2D eigenvalue weighted by molar-refractivity contribution is 7.89. The first kappa shape index (κ1) is 20.7. The molecular weight excluding hydrogens is 373 g/mol. The Balaban J connectivity index is 2.92. The molecule has 0 saturated carbocycles. The maximum atomic E-state index is 12.8. The van der Waals surface area contributed by atoms with Crippen molar-refractivity contribution in [2.75, 3.05) is 25.1 Å². The summed E-state index contributed by atoms with van der Waals surface area (Å²) in [6.07, 6.45) is -4.67. The minimum atomic E-state index is -4.79. The van der Waals surface area contributed by atoms with E-state index in [0.717, 1.165) is 23.5 Å². The highest BCUT2D eigenvalue weighted by atomic mass is 32.2. The molecule has 0 amide bonds. The summed E-state index contributed by atoms with van der Waals surface area (Å²) in [6, 6.07) is 2.29. The number of nitrogen functional groups attached to an aromatic ring is 1. The summed E-state index contributed by atoms with van der Waals surface area (Å²) in [7, 11) is -7.17. The minimum Gasteiger partial charge on any atom is -0.398 e. The third-order valence-corrected chi connectivity index (χ3v) is 5.82. The second-order valence-electron chi connectivity index (χ2n) is 5.07. The lowest BCUT2D eigenvalue weighted by atomic mass is 10.2. The number of sulfonamides is 1. The van der Waals surface area contributed by atoms with E-state index < -0.39 is 48.2 Å². The van der Waals surface area contributed by atoms with Gasteiger partial charge in [-0.2, -0.15) is 21.6 Å². The van der Waals surface area contributed by atoms with Crippen LogP contribution in [-0.4, -0.2) is 45.0 Å². The van der Waals surface area contributed by atoms with E-state index >= 15 is 0 Å². The summed E-state index contributed by atoms with van der Waals surface area (Å²) in [6.45, 7) is -0.121. The summed E-state index contributed by atoms with van der Waals surface area (Å²) in [5.74, 6) is -0.527. The molecule has 0 aromatic heterocycles.